The zero-order chi connectivity index (χ0) is 13.1. The molecule has 0 bridgehead atoms. The topological polar surface area (TPSA) is 59.7 Å². The molecule has 0 N–H and O–H groups in total. The summed E-state index contributed by atoms with van der Waals surface area (Å²) in [6.07, 6.45) is 3.55. The molecule has 0 amide bonds. The average molecular weight is 267 g/mol. The van der Waals surface area contributed by atoms with Crippen molar-refractivity contribution in [2.24, 2.45) is 7.05 Å². The Morgan fingerprint density at radius 1 is 1.22 bits per heavy atom. The molecule has 0 saturated carbocycles. The predicted octanol–water partition coefficient (Wildman–Crippen LogP) is 1.77. The Labute approximate surface area is 111 Å². The molecule has 2 aromatic heterocycles. The van der Waals surface area contributed by atoms with Crippen molar-refractivity contribution < 1.29 is 0 Å². The van der Waals surface area contributed by atoms with Gasteiger partial charge in [0, 0.05) is 26.3 Å². The van der Waals surface area contributed by atoms with E-state index in [1.165, 1.54) is 0 Å². The highest BCUT2D eigenvalue weighted by Crippen LogP contribution is 2.18. The molecule has 2 rings (SSSR count). The van der Waals surface area contributed by atoms with Crippen molar-refractivity contribution in [2.75, 3.05) is 18.0 Å². The van der Waals surface area contributed by atoms with Crippen LogP contribution < -0.4 is 4.90 Å². The van der Waals surface area contributed by atoms with Crippen LogP contribution in [0.15, 0.2) is 12.4 Å². The molecular weight excluding hydrogens is 252 g/mol. The standard InChI is InChI=1S/C11H15ClN6/c1-4-18(5-2)11-15-9(14-10(12)16-11)8-6-13-17(3)7-8/h6-7H,4-5H2,1-3H3. The lowest BCUT2D eigenvalue weighted by atomic mass is 10.3. The fraction of sp³-hybridized carbons (Fsp3) is 0.455. The van der Waals surface area contributed by atoms with Gasteiger partial charge in [-0.15, -0.1) is 0 Å². The van der Waals surface area contributed by atoms with Crippen LogP contribution in [0, 0.1) is 0 Å². The van der Waals surface area contributed by atoms with Crippen molar-refractivity contribution in [3.8, 4) is 11.4 Å². The average Bonchev–Trinajstić information content (AvgIpc) is 2.77. The first-order valence-electron chi connectivity index (χ1n) is 5.79. The zero-order valence-electron chi connectivity index (χ0n) is 10.6. The van der Waals surface area contributed by atoms with Crippen LogP contribution in [0.5, 0.6) is 0 Å². The van der Waals surface area contributed by atoms with E-state index in [1.807, 2.05) is 32.0 Å². The van der Waals surface area contributed by atoms with Crippen molar-refractivity contribution in [2.45, 2.75) is 13.8 Å². The second-order valence-electron chi connectivity index (χ2n) is 3.80. The summed E-state index contributed by atoms with van der Waals surface area (Å²) in [5, 5.41) is 4.30. The first-order chi connectivity index (χ1) is 8.63. The van der Waals surface area contributed by atoms with E-state index in [9.17, 15) is 0 Å². The number of rotatable bonds is 4. The molecular formula is C11H15ClN6. The Morgan fingerprint density at radius 3 is 2.50 bits per heavy atom. The quantitative estimate of drug-likeness (QED) is 0.844. The van der Waals surface area contributed by atoms with Crippen LogP contribution in [0.25, 0.3) is 11.4 Å². The molecule has 0 atom stereocenters. The summed E-state index contributed by atoms with van der Waals surface area (Å²) in [5.41, 5.74) is 0.829. The number of nitrogens with zero attached hydrogens (tertiary/aromatic N) is 6. The van der Waals surface area contributed by atoms with E-state index in [4.69, 9.17) is 11.6 Å². The number of aromatic nitrogens is 5. The van der Waals surface area contributed by atoms with E-state index >= 15 is 0 Å². The number of hydrogen-bond acceptors (Lipinski definition) is 5. The van der Waals surface area contributed by atoms with Gasteiger partial charge in [-0.05, 0) is 25.4 Å². The van der Waals surface area contributed by atoms with Gasteiger partial charge in [0.25, 0.3) is 0 Å². The van der Waals surface area contributed by atoms with Crippen molar-refractivity contribution in [3.05, 3.63) is 17.7 Å². The third kappa shape index (κ3) is 2.59. The maximum Gasteiger partial charge on any atom is 0.230 e. The molecule has 7 heteroatoms. The van der Waals surface area contributed by atoms with Crippen LogP contribution in [0.2, 0.25) is 5.28 Å². The summed E-state index contributed by atoms with van der Waals surface area (Å²) in [7, 11) is 1.84. The van der Waals surface area contributed by atoms with E-state index in [1.54, 1.807) is 10.9 Å². The minimum Gasteiger partial charge on any atom is -0.341 e. The van der Waals surface area contributed by atoms with E-state index in [0.29, 0.717) is 11.8 Å². The molecule has 0 aliphatic rings. The van der Waals surface area contributed by atoms with Crippen LogP contribution in [-0.2, 0) is 7.05 Å². The molecule has 0 fully saturated rings. The molecule has 0 aromatic carbocycles. The van der Waals surface area contributed by atoms with Gasteiger partial charge in [-0.25, -0.2) is 0 Å². The minimum atomic E-state index is 0.200. The van der Waals surface area contributed by atoms with Crippen LogP contribution in [0.3, 0.4) is 0 Å². The summed E-state index contributed by atoms with van der Waals surface area (Å²) < 4.78 is 1.70. The largest absolute Gasteiger partial charge is 0.341 e. The third-order valence-corrected chi connectivity index (χ3v) is 2.77. The maximum absolute atomic E-state index is 5.95. The number of anilines is 1. The number of halogens is 1. The van der Waals surface area contributed by atoms with Gasteiger partial charge < -0.3 is 4.90 Å². The van der Waals surface area contributed by atoms with Crippen molar-refractivity contribution in [3.63, 3.8) is 0 Å². The van der Waals surface area contributed by atoms with Gasteiger partial charge in [0.15, 0.2) is 5.82 Å². The normalized spacial score (nSPS) is 10.7. The molecule has 96 valence electrons. The second-order valence-corrected chi connectivity index (χ2v) is 4.14. The summed E-state index contributed by atoms with van der Waals surface area (Å²) in [4.78, 5) is 14.7. The van der Waals surface area contributed by atoms with Gasteiger partial charge in [-0.2, -0.15) is 20.1 Å². The highest BCUT2D eigenvalue weighted by atomic mass is 35.5. The summed E-state index contributed by atoms with van der Waals surface area (Å²) >= 11 is 5.95. The summed E-state index contributed by atoms with van der Waals surface area (Å²) in [5.74, 6) is 1.14. The second kappa shape index (κ2) is 5.30. The monoisotopic (exact) mass is 266 g/mol. The molecule has 0 unspecified atom stereocenters. The van der Waals surface area contributed by atoms with E-state index < -0.39 is 0 Å². The maximum atomic E-state index is 5.95. The third-order valence-electron chi connectivity index (χ3n) is 2.61. The Morgan fingerprint density at radius 2 is 1.94 bits per heavy atom. The molecule has 0 aliphatic heterocycles. The Bertz CT molecular complexity index is 534. The van der Waals surface area contributed by atoms with E-state index in [-0.39, 0.29) is 5.28 Å². The van der Waals surface area contributed by atoms with Gasteiger partial charge in [-0.1, -0.05) is 0 Å². The molecule has 6 nitrogen and oxygen atoms in total. The van der Waals surface area contributed by atoms with Gasteiger partial charge in [0.2, 0.25) is 11.2 Å². The highest BCUT2D eigenvalue weighted by Gasteiger charge is 2.12. The van der Waals surface area contributed by atoms with Gasteiger partial charge in [0.1, 0.15) is 0 Å². The Hall–Kier alpha value is -1.69. The number of aryl methyl sites for hydroxylation is 1. The van der Waals surface area contributed by atoms with Gasteiger partial charge in [0.05, 0.1) is 11.8 Å². The molecule has 18 heavy (non-hydrogen) atoms. The molecule has 2 aromatic rings. The minimum absolute atomic E-state index is 0.200. The SMILES string of the molecule is CCN(CC)c1nc(Cl)nc(-c2cnn(C)c2)n1. The lowest BCUT2D eigenvalue weighted by Crippen LogP contribution is -2.24. The fourth-order valence-corrected chi connectivity index (χ4v) is 1.81. The smallest absolute Gasteiger partial charge is 0.230 e. The van der Waals surface area contributed by atoms with Crippen LogP contribution in [-0.4, -0.2) is 37.8 Å². The van der Waals surface area contributed by atoms with Crippen molar-refractivity contribution in [1.29, 1.82) is 0 Å². The lowest BCUT2D eigenvalue weighted by molar-refractivity contribution is 0.767. The molecule has 2 heterocycles. The summed E-state index contributed by atoms with van der Waals surface area (Å²) in [6, 6.07) is 0. The van der Waals surface area contributed by atoms with E-state index in [0.717, 1.165) is 18.7 Å². The highest BCUT2D eigenvalue weighted by molar-refractivity contribution is 6.28. The fourth-order valence-electron chi connectivity index (χ4n) is 1.65. The molecule has 0 saturated heterocycles. The summed E-state index contributed by atoms with van der Waals surface area (Å²) in [6.45, 7) is 5.74. The van der Waals surface area contributed by atoms with Crippen LogP contribution in [0.4, 0.5) is 5.95 Å². The lowest BCUT2D eigenvalue weighted by Gasteiger charge is -2.18. The first kappa shape index (κ1) is 12.8. The van der Waals surface area contributed by atoms with E-state index in [2.05, 4.69) is 20.1 Å². The van der Waals surface area contributed by atoms with Crippen LogP contribution in [0.1, 0.15) is 13.8 Å². The Kier molecular flexibility index (Phi) is 3.76. The van der Waals surface area contributed by atoms with Crippen LogP contribution >= 0.6 is 11.6 Å². The predicted molar refractivity (Wildman–Crippen MR) is 70.6 cm³/mol. The number of hydrogen-bond donors (Lipinski definition) is 0. The molecule has 0 aliphatic carbocycles. The molecule has 0 radical (unpaired) electrons. The van der Waals surface area contributed by atoms with Crippen molar-refractivity contribution in [1.82, 2.24) is 24.7 Å². The molecule has 0 spiro atoms. The first-order valence-corrected chi connectivity index (χ1v) is 6.17. The Balaban J connectivity index is 2.43. The van der Waals surface area contributed by atoms with Crippen molar-refractivity contribution >= 4 is 17.5 Å². The zero-order valence-corrected chi connectivity index (χ0v) is 11.4. The van der Waals surface area contributed by atoms with Gasteiger partial charge >= 0.3 is 0 Å². The van der Waals surface area contributed by atoms with Gasteiger partial charge in [-0.3, -0.25) is 4.68 Å².